The summed E-state index contributed by atoms with van der Waals surface area (Å²) in [5.41, 5.74) is 0. The van der Waals surface area contributed by atoms with E-state index in [0.717, 1.165) is 18.7 Å². The quantitative estimate of drug-likeness (QED) is 0.880. The van der Waals surface area contributed by atoms with E-state index in [1.54, 1.807) is 0 Å². The summed E-state index contributed by atoms with van der Waals surface area (Å²) < 4.78 is 52.8. The average Bonchev–Trinajstić information content (AvgIpc) is 2.27. The van der Waals surface area contributed by atoms with E-state index in [-0.39, 0.29) is 6.04 Å². The minimum atomic E-state index is -3.96. The van der Waals surface area contributed by atoms with Gasteiger partial charge in [0.05, 0.1) is 0 Å². The van der Waals surface area contributed by atoms with Gasteiger partial charge in [-0.2, -0.15) is 0 Å². The summed E-state index contributed by atoms with van der Waals surface area (Å²) in [6.07, 6.45) is 0.690. The van der Waals surface area contributed by atoms with E-state index in [0.29, 0.717) is 24.9 Å². The molecule has 0 radical (unpaired) electrons. The number of sulfonamides is 1. The number of benzene rings is 1. The van der Waals surface area contributed by atoms with Gasteiger partial charge in [-0.05, 0) is 31.0 Å². The molecule has 2 N–H and O–H groups in total. The van der Waals surface area contributed by atoms with Crippen molar-refractivity contribution in [3.8, 4) is 0 Å². The van der Waals surface area contributed by atoms with Crippen LogP contribution in [-0.4, -0.2) is 27.5 Å². The van der Waals surface area contributed by atoms with E-state index in [1.165, 1.54) is 0 Å². The Morgan fingerprint density at radius 1 is 1.32 bits per heavy atom. The molecule has 2 rings (SSSR count). The SMILES string of the molecule is CC1CNCC(NS(=O)(=O)c2ccc(F)cc2F)C1. The van der Waals surface area contributed by atoms with Gasteiger partial charge in [0.1, 0.15) is 16.5 Å². The van der Waals surface area contributed by atoms with Crippen molar-refractivity contribution in [2.45, 2.75) is 24.3 Å². The van der Waals surface area contributed by atoms with Crippen molar-refractivity contribution in [1.82, 2.24) is 10.0 Å². The zero-order valence-corrected chi connectivity index (χ0v) is 11.3. The van der Waals surface area contributed by atoms with E-state index < -0.39 is 26.6 Å². The Morgan fingerprint density at radius 3 is 2.68 bits per heavy atom. The highest BCUT2D eigenvalue weighted by atomic mass is 32.2. The summed E-state index contributed by atoms with van der Waals surface area (Å²) in [5.74, 6) is -1.53. The molecule has 7 heteroatoms. The van der Waals surface area contributed by atoms with Crippen LogP contribution in [0.2, 0.25) is 0 Å². The molecule has 1 fully saturated rings. The fourth-order valence-electron chi connectivity index (χ4n) is 2.22. The summed E-state index contributed by atoms with van der Waals surface area (Å²) >= 11 is 0. The van der Waals surface area contributed by atoms with Crippen molar-refractivity contribution in [3.05, 3.63) is 29.8 Å². The van der Waals surface area contributed by atoms with Gasteiger partial charge in [0.25, 0.3) is 0 Å². The molecule has 1 aliphatic heterocycles. The molecule has 4 nitrogen and oxygen atoms in total. The van der Waals surface area contributed by atoms with Gasteiger partial charge in [0.2, 0.25) is 10.0 Å². The maximum atomic E-state index is 13.5. The Bertz CT molecular complexity index is 563. The summed E-state index contributed by atoms with van der Waals surface area (Å²) in [6, 6.07) is 2.15. The highest BCUT2D eigenvalue weighted by molar-refractivity contribution is 7.89. The van der Waals surface area contributed by atoms with Crippen LogP contribution in [0.5, 0.6) is 0 Å². The van der Waals surface area contributed by atoms with E-state index >= 15 is 0 Å². The highest BCUT2D eigenvalue weighted by Crippen LogP contribution is 2.17. The van der Waals surface area contributed by atoms with Gasteiger partial charge >= 0.3 is 0 Å². The minimum absolute atomic E-state index is 0.279. The summed E-state index contributed by atoms with van der Waals surface area (Å²) in [4.78, 5) is -0.521. The second kappa shape index (κ2) is 5.52. The fraction of sp³-hybridized carbons (Fsp3) is 0.500. The predicted octanol–water partition coefficient (Wildman–Crippen LogP) is 1.24. The molecule has 2 unspecified atom stereocenters. The normalized spacial score (nSPS) is 24.4. The molecule has 1 aromatic rings. The van der Waals surface area contributed by atoms with Gasteiger partial charge in [-0.25, -0.2) is 21.9 Å². The minimum Gasteiger partial charge on any atom is -0.315 e. The first kappa shape index (κ1) is 14.4. The first-order valence-corrected chi connectivity index (χ1v) is 7.55. The Hall–Kier alpha value is -1.05. The largest absolute Gasteiger partial charge is 0.315 e. The third kappa shape index (κ3) is 3.49. The Morgan fingerprint density at radius 2 is 2.05 bits per heavy atom. The van der Waals surface area contributed by atoms with Gasteiger partial charge in [0, 0.05) is 18.7 Å². The lowest BCUT2D eigenvalue weighted by molar-refractivity contribution is 0.346. The molecule has 0 bridgehead atoms. The first-order valence-electron chi connectivity index (χ1n) is 6.06. The topological polar surface area (TPSA) is 58.2 Å². The Balaban J connectivity index is 2.18. The second-order valence-corrected chi connectivity index (χ2v) is 6.57. The van der Waals surface area contributed by atoms with Crippen molar-refractivity contribution >= 4 is 10.0 Å². The maximum absolute atomic E-state index is 13.5. The van der Waals surface area contributed by atoms with Gasteiger partial charge in [0.15, 0.2) is 0 Å². The second-order valence-electron chi connectivity index (χ2n) is 4.89. The molecule has 19 heavy (non-hydrogen) atoms. The number of hydrogen-bond donors (Lipinski definition) is 2. The van der Waals surface area contributed by atoms with Crippen LogP contribution in [0.3, 0.4) is 0 Å². The zero-order chi connectivity index (χ0) is 14.0. The molecular weight excluding hydrogens is 274 g/mol. The van der Waals surface area contributed by atoms with Gasteiger partial charge in [-0.1, -0.05) is 6.92 Å². The van der Waals surface area contributed by atoms with Gasteiger partial charge in [-0.3, -0.25) is 0 Å². The van der Waals surface area contributed by atoms with Crippen LogP contribution in [-0.2, 0) is 10.0 Å². The lowest BCUT2D eigenvalue weighted by atomic mass is 9.99. The monoisotopic (exact) mass is 290 g/mol. The zero-order valence-electron chi connectivity index (χ0n) is 10.5. The van der Waals surface area contributed by atoms with Crippen molar-refractivity contribution in [2.24, 2.45) is 5.92 Å². The van der Waals surface area contributed by atoms with Crippen molar-refractivity contribution in [1.29, 1.82) is 0 Å². The molecule has 2 atom stereocenters. The third-order valence-electron chi connectivity index (χ3n) is 3.08. The standard InChI is InChI=1S/C12H16F2N2O2S/c1-8-4-10(7-15-6-8)16-19(17,18)12-3-2-9(13)5-11(12)14/h2-3,5,8,10,15-16H,4,6-7H2,1H3. The molecule has 106 valence electrons. The lowest BCUT2D eigenvalue weighted by Crippen LogP contribution is -2.48. The Labute approximate surface area is 111 Å². The van der Waals surface area contributed by atoms with Crippen molar-refractivity contribution in [2.75, 3.05) is 13.1 Å². The Kier molecular flexibility index (Phi) is 4.17. The van der Waals surface area contributed by atoms with Crippen LogP contribution in [0.4, 0.5) is 8.78 Å². The van der Waals surface area contributed by atoms with E-state index in [2.05, 4.69) is 10.0 Å². The lowest BCUT2D eigenvalue weighted by Gasteiger charge is -2.28. The molecule has 0 spiro atoms. The van der Waals surface area contributed by atoms with Crippen molar-refractivity contribution < 1.29 is 17.2 Å². The van der Waals surface area contributed by atoms with Crippen LogP contribution >= 0.6 is 0 Å². The predicted molar refractivity (Wildman–Crippen MR) is 67.1 cm³/mol. The molecule has 0 amide bonds. The summed E-state index contributed by atoms with van der Waals surface area (Å²) in [7, 11) is -3.96. The summed E-state index contributed by atoms with van der Waals surface area (Å²) in [5, 5.41) is 3.10. The molecule has 0 aromatic heterocycles. The number of halogens is 2. The number of piperidine rings is 1. The molecule has 1 aromatic carbocycles. The first-order chi connectivity index (χ1) is 8.88. The number of rotatable bonds is 3. The maximum Gasteiger partial charge on any atom is 0.243 e. The van der Waals surface area contributed by atoms with Crippen LogP contribution < -0.4 is 10.0 Å². The van der Waals surface area contributed by atoms with Gasteiger partial charge < -0.3 is 5.32 Å². The number of nitrogens with one attached hydrogen (secondary N) is 2. The third-order valence-corrected chi connectivity index (χ3v) is 4.63. The van der Waals surface area contributed by atoms with Crippen molar-refractivity contribution in [3.63, 3.8) is 0 Å². The molecule has 1 aliphatic rings. The van der Waals surface area contributed by atoms with Gasteiger partial charge in [-0.15, -0.1) is 0 Å². The molecule has 0 saturated carbocycles. The van der Waals surface area contributed by atoms with Crippen LogP contribution in [0.15, 0.2) is 23.1 Å². The van der Waals surface area contributed by atoms with E-state index in [9.17, 15) is 17.2 Å². The smallest absolute Gasteiger partial charge is 0.243 e. The van der Waals surface area contributed by atoms with E-state index in [4.69, 9.17) is 0 Å². The summed E-state index contributed by atoms with van der Waals surface area (Å²) in [6.45, 7) is 3.35. The van der Waals surface area contributed by atoms with Crippen LogP contribution in [0.1, 0.15) is 13.3 Å². The average molecular weight is 290 g/mol. The van der Waals surface area contributed by atoms with E-state index in [1.807, 2.05) is 6.92 Å². The van der Waals surface area contributed by atoms with Crippen LogP contribution in [0, 0.1) is 17.6 Å². The molecule has 1 heterocycles. The molecule has 1 saturated heterocycles. The highest BCUT2D eigenvalue weighted by Gasteiger charge is 2.26. The molecule has 0 aliphatic carbocycles. The molecular formula is C12H16F2N2O2S. The fourth-order valence-corrected chi connectivity index (χ4v) is 3.53. The van der Waals surface area contributed by atoms with Crippen LogP contribution in [0.25, 0.3) is 0 Å². The number of hydrogen-bond acceptors (Lipinski definition) is 3.